The van der Waals surface area contributed by atoms with Crippen LogP contribution in [0.25, 0.3) is 0 Å². The Kier molecular flexibility index (Phi) is 4.15. The van der Waals surface area contributed by atoms with Crippen molar-refractivity contribution in [2.45, 2.75) is 31.8 Å². The number of carbonyl (C=O) groups excluding carboxylic acids is 1. The Balaban J connectivity index is 1.60. The highest BCUT2D eigenvalue weighted by Crippen LogP contribution is 2.28. The number of carbonyl (C=O) groups is 1. The van der Waals surface area contributed by atoms with Gasteiger partial charge in [-0.15, -0.1) is 0 Å². The molecule has 0 amide bonds. The molecule has 0 radical (unpaired) electrons. The van der Waals surface area contributed by atoms with Crippen LogP contribution in [0, 0.1) is 5.82 Å². The molecule has 1 saturated carbocycles. The molecule has 3 rings (SSSR count). The zero-order chi connectivity index (χ0) is 14.7. The Morgan fingerprint density at radius 1 is 1.24 bits per heavy atom. The molecule has 0 atom stereocenters. The van der Waals surface area contributed by atoms with E-state index in [0.717, 1.165) is 18.6 Å². The maximum Gasteiger partial charge on any atom is 0.151 e. The Morgan fingerprint density at radius 3 is 2.71 bits per heavy atom. The molecule has 0 unspecified atom stereocenters. The fourth-order valence-corrected chi connectivity index (χ4v) is 2.49. The number of benzene rings is 1. The van der Waals surface area contributed by atoms with Crippen molar-refractivity contribution in [2.24, 2.45) is 0 Å². The maximum atomic E-state index is 13.6. The van der Waals surface area contributed by atoms with Crippen molar-refractivity contribution >= 4 is 5.78 Å². The van der Waals surface area contributed by atoms with Gasteiger partial charge in [-0.05, 0) is 36.6 Å². The third kappa shape index (κ3) is 3.79. The van der Waals surface area contributed by atoms with Crippen LogP contribution in [0.1, 0.15) is 24.2 Å². The van der Waals surface area contributed by atoms with Crippen LogP contribution in [0.5, 0.6) is 0 Å². The average molecular weight is 287 g/mol. The molecule has 1 aromatic carbocycles. The van der Waals surface area contributed by atoms with Gasteiger partial charge in [0.1, 0.15) is 11.6 Å². The molecule has 1 aliphatic carbocycles. The van der Waals surface area contributed by atoms with Gasteiger partial charge < -0.3 is 4.42 Å². The van der Waals surface area contributed by atoms with E-state index < -0.39 is 0 Å². The molecule has 0 aliphatic heterocycles. The quantitative estimate of drug-likeness (QED) is 0.784. The Labute approximate surface area is 123 Å². The van der Waals surface area contributed by atoms with Crippen molar-refractivity contribution in [3.05, 3.63) is 59.8 Å². The van der Waals surface area contributed by atoms with E-state index in [1.54, 1.807) is 24.5 Å². The molecule has 1 fully saturated rings. The number of halogens is 1. The molecule has 4 heteroatoms. The first-order valence-corrected chi connectivity index (χ1v) is 7.24. The van der Waals surface area contributed by atoms with Crippen molar-refractivity contribution < 1.29 is 13.6 Å². The first-order chi connectivity index (χ1) is 10.2. The summed E-state index contributed by atoms with van der Waals surface area (Å²) in [6.07, 6.45) is 4.02. The predicted molar refractivity (Wildman–Crippen MR) is 77.3 cm³/mol. The molecular weight excluding hydrogens is 269 g/mol. The van der Waals surface area contributed by atoms with Gasteiger partial charge in [-0.1, -0.05) is 18.2 Å². The Hall–Kier alpha value is -1.94. The van der Waals surface area contributed by atoms with Crippen molar-refractivity contribution in [3.8, 4) is 0 Å². The number of nitrogens with zero attached hydrogens (tertiary/aromatic N) is 1. The lowest BCUT2D eigenvalue weighted by molar-refractivity contribution is -0.119. The van der Waals surface area contributed by atoms with Crippen LogP contribution in [0.15, 0.2) is 47.1 Å². The molecule has 2 aromatic rings. The van der Waals surface area contributed by atoms with Crippen molar-refractivity contribution in [1.29, 1.82) is 0 Å². The van der Waals surface area contributed by atoms with Gasteiger partial charge in [-0.2, -0.15) is 0 Å². The Bertz CT molecular complexity index is 605. The zero-order valence-corrected chi connectivity index (χ0v) is 11.8. The highest BCUT2D eigenvalue weighted by Gasteiger charge is 2.30. The van der Waals surface area contributed by atoms with Gasteiger partial charge in [0.05, 0.1) is 19.4 Å². The number of ketones is 1. The molecule has 0 saturated heterocycles. The van der Waals surface area contributed by atoms with Crippen LogP contribution in [0.4, 0.5) is 4.39 Å². The van der Waals surface area contributed by atoms with E-state index in [1.165, 1.54) is 6.07 Å². The summed E-state index contributed by atoms with van der Waals surface area (Å²) in [5, 5.41) is 0. The van der Waals surface area contributed by atoms with E-state index >= 15 is 0 Å². The van der Waals surface area contributed by atoms with Gasteiger partial charge in [0.25, 0.3) is 0 Å². The first kappa shape index (κ1) is 14.0. The SMILES string of the molecule is O=C(Cc1ccccc1F)CN(Cc1ccco1)C1CC1. The summed E-state index contributed by atoms with van der Waals surface area (Å²) in [5.41, 5.74) is 0.469. The first-order valence-electron chi connectivity index (χ1n) is 7.24. The fourth-order valence-electron chi connectivity index (χ4n) is 2.49. The summed E-state index contributed by atoms with van der Waals surface area (Å²) in [6, 6.07) is 10.7. The van der Waals surface area contributed by atoms with E-state index in [-0.39, 0.29) is 18.0 Å². The van der Waals surface area contributed by atoms with Gasteiger partial charge in [0, 0.05) is 12.5 Å². The van der Waals surface area contributed by atoms with Gasteiger partial charge >= 0.3 is 0 Å². The highest BCUT2D eigenvalue weighted by atomic mass is 19.1. The lowest BCUT2D eigenvalue weighted by Crippen LogP contribution is -2.32. The maximum absolute atomic E-state index is 13.6. The topological polar surface area (TPSA) is 33.5 Å². The molecule has 0 N–H and O–H groups in total. The second-order valence-electron chi connectivity index (χ2n) is 5.52. The Morgan fingerprint density at radius 2 is 2.05 bits per heavy atom. The number of furan rings is 1. The van der Waals surface area contributed by atoms with Crippen LogP contribution in [-0.4, -0.2) is 23.3 Å². The number of Topliss-reactive ketones (excluding diaryl/α,β-unsaturated/α-hetero) is 1. The van der Waals surface area contributed by atoms with Gasteiger partial charge in [0.15, 0.2) is 5.78 Å². The van der Waals surface area contributed by atoms with Crippen LogP contribution >= 0.6 is 0 Å². The third-order valence-corrected chi connectivity index (χ3v) is 3.73. The van der Waals surface area contributed by atoms with E-state index in [9.17, 15) is 9.18 Å². The summed E-state index contributed by atoms with van der Waals surface area (Å²) in [6.45, 7) is 0.986. The lowest BCUT2D eigenvalue weighted by Gasteiger charge is -2.19. The standard InChI is InChI=1S/C17H18FNO2/c18-17-6-2-1-4-13(17)10-15(20)11-19(14-7-8-14)12-16-5-3-9-21-16/h1-6,9,14H,7-8,10-12H2. The van der Waals surface area contributed by atoms with Gasteiger partial charge in [0.2, 0.25) is 0 Å². The molecule has 1 aliphatic rings. The summed E-state index contributed by atoms with van der Waals surface area (Å²) < 4.78 is 18.9. The van der Waals surface area contributed by atoms with Crippen molar-refractivity contribution in [2.75, 3.05) is 6.54 Å². The minimum absolute atomic E-state index is 0.0403. The summed E-state index contributed by atoms with van der Waals surface area (Å²) >= 11 is 0. The van der Waals surface area contributed by atoms with Crippen LogP contribution in [0.3, 0.4) is 0 Å². The second-order valence-corrected chi connectivity index (χ2v) is 5.52. The normalized spacial score (nSPS) is 14.6. The molecule has 3 nitrogen and oxygen atoms in total. The monoisotopic (exact) mass is 287 g/mol. The zero-order valence-electron chi connectivity index (χ0n) is 11.8. The van der Waals surface area contributed by atoms with E-state index in [1.807, 2.05) is 12.1 Å². The minimum Gasteiger partial charge on any atom is -0.468 e. The third-order valence-electron chi connectivity index (χ3n) is 3.73. The number of hydrogen-bond acceptors (Lipinski definition) is 3. The van der Waals surface area contributed by atoms with Crippen LogP contribution < -0.4 is 0 Å². The summed E-state index contributed by atoms with van der Waals surface area (Å²) in [5.74, 6) is 0.592. The molecule has 0 bridgehead atoms. The van der Waals surface area contributed by atoms with E-state index in [2.05, 4.69) is 4.90 Å². The average Bonchev–Trinajstić information content (AvgIpc) is 3.19. The number of hydrogen-bond donors (Lipinski definition) is 0. The smallest absolute Gasteiger partial charge is 0.151 e. The minimum atomic E-state index is -0.310. The molecular formula is C17H18FNO2. The van der Waals surface area contributed by atoms with Crippen LogP contribution in [0.2, 0.25) is 0 Å². The second kappa shape index (κ2) is 6.22. The molecule has 21 heavy (non-hydrogen) atoms. The summed E-state index contributed by atoms with van der Waals surface area (Å²) in [7, 11) is 0. The lowest BCUT2D eigenvalue weighted by atomic mass is 10.1. The molecule has 1 aromatic heterocycles. The van der Waals surface area contributed by atoms with E-state index in [0.29, 0.717) is 24.7 Å². The predicted octanol–water partition coefficient (Wildman–Crippen LogP) is 3.19. The molecule has 0 spiro atoms. The van der Waals surface area contributed by atoms with Crippen molar-refractivity contribution in [1.82, 2.24) is 4.90 Å². The highest BCUT2D eigenvalue weighted by molar-refractivity contribution is 5.82. The van der Waals surface area contributed by atoms with Gasteiger partial charge in [-0.25, -0.2) is 4.39 Å². The largest absolute Gasteiger partial charge is 0.468 e. The van der Waals surface area contributed by atoms with Crippen LogP contribution in [-0.2, 0) is 17.8 Å². The fraction of sp³-hybridized carbons (Fsp3) is 0.353. The van der Waals surface area contributed by atoms with Gasteiger partial charge in [-0.3, -0.25) is 9.69 Å². The molecule has 110 valence electrons. The number of rotatable bonds is 7. The molecule has 1 heterocycles. The van der Waals surface area contributed by atoms with Crippen molar-refractivity contribution in [3.63, 3.8) is 0 Å². The van der Waals surface area contributed by atoms with E-state index in [4.69, 9.17) is 4.42 Å². The summed E-state index contributed by atoms with van der Waals surface area (Å²) in [4.78, 5) is 14.3.